The molecule has 0 amide bonds. The summed E-state index contributed by atoms with van der Waals surface area (Å²) in [6.07, 6.45) is -6.83. The minimum absolute atomic E-state index is 0.00607. The summed E-state index contributed by atoms with van der Waals surface area (Å²) in [4.78, 5) is 6.82. The Bertz CT molecular complexity index is 641. The van der Waals surface area contributed by atoms with E-state index in [1.165, 1.54) is 17.2 Å². The molecule has 2 aliphatic rings. The summed E-state index contributed by atoms with van der Waals surface area (Å²) >= 11 is 0. The minimum Gasteiger partial charge on any atom is -0.389 e. The first-order valence-electron chi connectivity index (χ1n) is 8.82. The third kappa shape index (κ3) is 4.50. The van der Waals surface area contributed by atoms with Crippen molar-refractivity contribution in [1.29, 1.82) is 0 Å². The van der Waals surface area contributed by atoms with Gasteiger partial charge in [0.1, 0.15) is 17.6 Å². The molecule has 1 aromatic rings. The van der Waals surface area contributed by atoms with Gasteiger partial charge in [-0.1, -0.05) is 0 Å². The molecule has 1 unspecified atom stereocenters. The number of piperidine rings is 2. The van der Waals surface area contributed by atoms with Crippen LogP contribution in [0.25, 0.3) is 0 Å². The lowest BCUT2D eigenvalue weighted by atomic mass is 9.91. The third-order valence-corrected chi connectivity index (χ3v) is 5.24. The summed E-state index contributed by atoms with van der Waals surface area (Å²) in [5.41, 5.74) is -2.49. The van der Waals surface area contributed by atoms with Gasteiger partial charge in [0, 0.05) is 51.8 Å². The first kappa shape index (κ1) is 20.2. The molecule has 0 bridgehead atoms. The highest BCUT2D eigenvalue weighted by Gasteiger charge is 2.42. The van der Waals surface area contributed by atoms with E-state index in [2.05, 4.69) is 4.98 Å². The number of halogens is 4. The van der Waals surface area contributed by atoms with Crippen molar-refractivity contribution in [2.75, 3.05) is 37.6 Å². The van der Waals surface area contributed by atoms with E-state index in [1.54, 1.807) is 4.90 Å². The van der Waals surface area contributed by atoms with Crippen LogP contribution in [0.1, 0.15) is 18.4 Å². The van der Waals surface area contributed by atoms with Crippen molar-refractivity contribution in [3.63, 3.8) is 0 Å². The Hall–Kier alpha value is -1.49. The Morgan fingerprint density at radius 1 is 1.11 bits per heavy atom. The predicted octanol–water partition coefficient (Wildman–Crippen LogP) is 0.807. The molecular formula is C17H23F4N3O3. The smallest absolute Gasteiger partial charge is 0.389 e. The van der Waals surface area contributed by atoms with E-state index < -0.39 is 35.7 Å². The molecule has 27 heavy (non-hydrogen) atoms. The second-order valence-electron chi connectivity index (χ2n) is 7.33. The molecule has 152 valence electrons. The number of anilines is 1. The zero-order chi connectivity index (χ0) is 19.8. The predicted molar refractivity (Wildman–Crippen MR) is 89.0 cm³/mol. The molecule has 3 rings (SSSR count). The van der Waals surface area contributed by atoms with Crippen molar-refractivity contribution in [1.82, 2.24) is 9.88 Å². The molecule has 2 saturated heterocycles. The van der Waals surface area contributed by atoms with Crippen molar-refractivity contribution >= 4 is 5.82 Å². The SMILES string of the molecule is OC1[C@H](O)CN(CC2(F)CCN(c3ncccc3C(F)(F)F)CC2)C[C@@H]1O. The normalized spacial score (nSPS) is 29.7. The number of aromatic nitrogens is 1. The third-order valence-electron chi connectivity index (χ3n) is 5.24. The molecule has 10 heteroatoms. The maximum Gasteiger partial charge on any atom is 0.419 e. The maximum atomic E-state index is 15.2. The molecule has 2 fully saturated rings. The van der Waals surface area contributed by atoms with Crippen molar-refractivity contribution in [3.8, 4) is 0 Å². The number of hydrogen-bond donors (Lipinski definition) is 3. The van der Waals surface area contributed by atoms with Crippen molar-refractivity contribution < 1.29 is 32.9 Å². The number of β-amino-alcohol motifs (C(OH)–C–C–N with tert-alkyl or cyclic N) is 2. The van der Waals surface area contributed by atoms with Crippen LogP contribution in [0.3, 0.4) is 0 Å². The molecule has 2 aliphatic heterocycles. The lowest BCUT2D eigenvalue weighted by Crippen LogP contribution is -2.59. The van der Waals surface area contributed by atoms with Gasteiger partial charge >= 0.3 is 6.18 Å². The Morgan fingerprint density at radius 3 is 2.26 bits per heavy atom. The molecule has 0 spiro atoms. The Morgan fingerprint density at radius 2 is 1.70 bits per heavy atom. The molecule has 0 aliphatic carbocycles. The zero-order valence-electron chi connectivity index (χ0n) is 14.6. The summed E-state index contributed by atoms with van der Waals surface area (Å²) in [7, 11) is 0. The number of hydrogen-bond acceptors (Lipinski definition) is 6. The zero-order valence-corrected chi connectivity index (χ0v) is 14.6. The molecule has 0 radical (unpaired) electrons. The highest BCUT2D eigenvalue weighted by molar-refractivity contribution is 5.48. The van der Waals surface area contributed by atoms with Gasteiger partial charge in [0.05, 0.1) is 17.8 Å². The minimum atomic E-state index is -4.53. The van der Waals surface area contributed by atoms with Crippen LogP contribution in [-0.4, -0.2) is 81.9 Å². The summed E-state index contributed by atoms with van der Waals surface area (Å²) in [5.74, 6) is -0.195. The molecule has 3 N–H and O–H groups in total. The van der Waals surface area contributed by atoms with Gasteiger partial charge in [0.2, 0.25) is 0 Å². The monoisotopic (exact) mass is 393 g/mol. The van der Waals surface area contributed by atoms with Gasteiger partial charge in [-0.3, -0.25) is 4.90 Å². The van der Waals surface area contributed by atoms with E-state index in [-0.39, 0.29) is 51.4 Å². The topological polar surface area (TPSA) is 80.1 Å². The van der Waals surface area contributed by atoms with Gasteiger partial charge in [-0.2, -0.15) is 13.2 Å². The highest BCUT2D eigenvalue weighted by atomic mass is 19.4. The fourth-order valence-corrected chi connectivity index (χ4v) is 3.75. The number of alkyl halides is 4. The van der Waals surface area contributed by atoms with Crippen LogP contribution in [0.15, 0.2) is 18.3 Å². The van der Waals surface area contributed by atoms with Crippen LogP contribution in [0, 0.1) is 0 Å². The Balaban J connectivity index is 1.64. The van der Waals surface area contributed by atoms with Gasteiger partial charge in [-0.15, -0.1) is 0 Å². The number of aliphatic hydroxyl groups excluding tert-OH is 3. The van der Waals surface area contributed by atoms with Crippen LogP contribution < -0.4 is 4.90 Å². The summed E-state index contributed by atoms with van der Waals surface area (Å²) in [6.45, 7) is 0.171. The highest BCUT2D eigenvalue weighted by Crippen LogP contribution is 2.37. The van der Waals surface area contributed by atoms with Crippen LogP contribution in [0.4, 0.5) is 23.4 Å². The van der Waals surface area contributed by atoms with Crippen LogP contribution in [0.5, 0.6) is 0 Å². The van der Waals surface area contributed by atoms with Crippen molar-refractivity contribution in [3.05, 3.63) is 23.9 Å². The van der Waals surface area contributed by atoms with Gasteiger partial charge in [0.25, 0.3) is 0 Å². The fourth-order valence-electron chi connectivity index (χ4n) is 3.75. The number of likely N-dealkylation sites (tertiary alicyclic amines) is 1. The quantitative estimate of drug-likeness (QED) is 0.660. The fraction of sp³-hybridized carbons (Fsp3) is 0.706. The lowest BCUT2D eigenvalue weighted by Gasteiger charge is -2.43. The molecule has 6 nitrogen and oxygen atoms in total. The standard InChI is InChI=1S/C17H23F4N3O3/c18-16(10-23-8-12(25)14(27)13(26)9-23)3-6-24(7-4-16)15-11(17(19,20)21)2-1-5-22-15/h1-2,5,12-14,25-27H,3-4,6-10H2/t12-,13+,14?. The van der Waals surface area contributed by atoms with Gasteiger partial charge in [-0.25, -0.2) is 9.37 Å². The molecule has 0 saturated carbocycles. The lowest BCUT2D eigenvalue weighted by molar-refractivity contribution is -0.137. The van der Waals surface area contributed by atoms with Crippen molar-refractivity contribution in [2.45, 2.75) is 43.0 Å². The van der Waals surface area contributed by atoms with E-state index in [4.69, 9.17) is 0 Å². The van der Waals surface area contributed by atoms with E-state index >= 15 is 4.39 Å². The van der Waals surface area contributed by atoms with Crippen molar-refractivity contribution in [2.24, 2.45) is 0 Å². The average molecular weight is 393 g/mol. The largest absolute Gasteiger partial charge is 0.419 e. The van der Waals surface area contributed by atoms with Crippen LogP contribution in [-0.2, 0) is 6.18 Å². The summed E-state index contributed by atoms with van der Waals surface area (Å²) in [6, 6.07) is 2.18. The number of aliphatic hydroxyl groups is 3. The second-order valence-corrected chi connectivity index (χ2v) is 7.33. The van der Waals surface area contributed by atoms with E-state index in [0.29, 0.717) is 0 Å². The molecule has 3 heterocycles. The Labute approximate surface area is 154 Å². The maximum absolute atomic E-state index is 15.2. The average Bonchev–Trinajstić information content (AvgIpc) is 2.59. The summed E-state index contributed by atoms with van der Waals surface area (Å²) < 4.78 is 54.7. The number of nitrogens with zero attached hydrogens (tertiary/aromatic N) is 3. The van der Waals surface area contributed by atoms with Gasteiger partial charge in [-0.05, 0) is 12.1 Å². The Kier molecular flexibility index (Phi) is 5.62. The van der Waals surface area contributed by atoms with E-state index in [0.717, 1.165) is 6.07 Å². The second kappa shape index (κ2) is 7.50. The molecule has 1 aromatic heterocycles. The summed E-state index contributed by atoms with van der Waals surface area (Å²) in [5, 5.41) is 29.0. The first-order chi connectivity index (χ1) is 12.6. The number of rotatable bonds is 3. The van der Waals surface area contributed by atoms with Crippen LogP contribution in [0.2, 0.25) is 0 Å². The van der Waals surface area contributed by atoms with Gasteiger partial charge in [0.15, 0.2) is 0 Å². The molecule has 0 aromatic carbocycles. The number of pyridine rings is 1. The van der Waals surface area contributed by atoms with Gasteiger partial charge < -0.3 is 20.2 Å². The van der Waals surface area contributed by atoms with E-state index in [9.17, 15) is 28.5 Å². The molecule has 3 atom stereocenters. The van der Waals surface area contributed by atoms with Crippen LogP contribution >= 0.6 is 0 Å². The van der Waals surface area contributed by atoms with E-state index in [1.807, 2.05) is 0 Å². The molecular weight excluding hydrogens is 370 g/mol. The first-order valence-corrected chi connectivity index (χ1v) is 8.82.